The van der Waals surface area contributed by atoms with Crippen LogP contribution >= 0.6 is 0 Å². The Morgan fingerprint density at radius 2 is 2.00 bits per heavy atom. The molecule has 1 heterocycles. The van der Waals surface area contributed by atoms with E-state index in [9.17, 15) is 4.79 Å². The van der Waals surface area contributed by atoms with Gasteiger partial charge in [-0.2, -0.15) is 0 Å². The Bertz CT molecular complexity index is 647. The molecule has 1 aliphatic carbocycles. The average Bonchev–Trinajstić information content (AvgIpc) is 3.25. The molecule has 1 fully saturated rings. The fourth-order valence-electron chi connectivity index (χ4n) is 2.27. The van der Waals surface area contributed by atoms with Gasteiger partial charge in [-0.3, -0.25) is 4.79 Å². The maximum absolute atomic E-state index is 11.1. The minimum Gasteiger partial charge on any atom is -0.493 e. The van der Waals surface area contributed by atoms with Gasteiger partial charge < -0.3 is 9.47 Å². The number of rotatable bonds is 5. The number of aromatic nitrogens is 3. The summed E-state index contributed by atoms with van der Waals surface area (Å²) in [6.45, 7) is 0. The van der Waals surface area contributed by atoms with E-state index < -0.39 is 0 Å². The Labute approximate surface area is 116 Å². The number of methoxy groups -OCH3 is 2. The first-order chi connectivity index (χ1) is 9.78. The van der Waals surface area contributed by atoms with Crippen LogP contribution in [0, 0.1) is 0 Å². The molecule has 0 saturated heterocycles. The molecule has 1 aromatic heterocycles. The summed E-state index contributed by atoms with van der Waals surface area (Å²) >= 11 is 0. The second-order valence-electron chi connectivity index (χ2n) is 4.70. The van der Waals surface area contributed by atoms with E-state index in [1.807, 2.05) is 18.2 Å². The van der Waals surface area contributed by atoms with Crippen LogP contribution in [0.25, 0.3) is 5.69 Å². The normalized spacial score (nSPS) is 14.1. The van der Waals surface area contributed by atoms with E-state index >= 15 is 0 Å². The Morgan fingerprint density at radius 1 is 1.25 bits per heavy atom. The second-order valence-corrected chi connectivity index (χ2v) is 4.70. The molecule has 0 N–H and O–H groups in total. The van der Waals surface area contributed by atoms with Crippen LogP contribution in [0.4, 0.5) is 0 Å². The van der Waals surface area contributed by atoms with Gasteiger partial charge in [0.1, 0.15) is 5.69 Å². The van der Waals surface area contributed by atoms with Crippen LogP contribution in [0.3, 0.4) is 0 Å². The highest BCUT2D eigenvalue weighted by Crippen LogP contribution is 2.42. The number of hydrogen-bond acceptors (Lipinski definition) is 5. The molecule has 0 spiro atoms. The average molecular weight is 273 g/mol. The monoisotopic (exact) mass is 273 g/mol. The van der Waals surface area contributed by atoms with E-state index in [0.29, 0.717) is 23.1 Å². The highest BCUT2D eigenvalue weighted by molar-refractivity contribution is 5.74. The largest absolute Gasteiger partial charge is 0.493 e. The van der Waals surface area contributed by atoms with Crippen LogP contribution in [-0.2, 0) is 0 Å². The van der Waals surface area contributed by atoms with Gasteiger partial charge in [-0.15, -0.1) is 5.10 Å². The van der Waals surface area contributed by atoms with Crippen molar-refractivity contribution in [2.45, 2.75) is 18.8 Å². The van der Waals surface area contributed by atoms with Crippen molar-refractivity contribution in [3.05, 3.63) is 29.6 Å². The fourth-order valence-corrected chi connectivity index (χ4v) is 2.27. The summed E-state index contributed by atoms with van der Waals surface area (Å²) in [4.78, 5) is 11.1. The summed E-state index contributed by atoms with van der Waals surface area (Å²) in [6, 6.07) is 5.51. The lowest BCUT2D eigenvalue weighted by Gasteiger charge is -2.11. The van der Waals surface area contributed by atoms with Gasteiger partial charge in [0, 0.05) is 12.0 Å². The number of carbonyl (C=O) groups is 1. The van der Waals surface area contributed by atoms with Gasteiger partial charge in [0.25, 0.3) is 0 Å². The Kier molecular flexibility index (Phi) is 3.14. The number of ether oxygens (including phenoxy) is 2. The molecule has 104 valence electrons. The smallest absolute Gasteiger partial charge is 0.172 e. The molecule has 1 aromatic carbocycles. The first kappa shape index (κ1) is 12.7. The van der Waals surface area contributed by atoms with E-state index in [0.717, 1.165) is 30.5 Å². The Hall–Kier alpha value is -2.37. The molecule has 0 atom stereocenters. The third-order valence-corrected chi connectivity index (χ3v) is 3.42. The zero-order chi connectivity index (χ0) is 14.1. The minimum atomic E-state index is 0.373. The summed E-state index contributed by atoms with van der Waals surface area (Å²) in [5, 5.41) is 8.03. The summed E-state index contributed by atoms with van der Waals surface area (Å²) in [5.41, 5.74) is 2.11. The Morgan fingerprint density at radius 3 is 2.60 bits per heavy atom. The summed E-state index contributed by atoms with van der Waals surface area (Å²) in [6.07, 6.45) is 2.90. The molecule has 0 radical (unpaired) electrons. The molecule has 0 amide bonds. The Balaban J connectivity index is 2.09. The van der Waals surface area contributed by atoms with Crippen LogP contribution in [0.5, 0.6) is 11.5 Å². The predicted molar refractivity (Wildman–Crippen MR) is 71.8 cm³/mol. The van der Waals surface area contributed by atoms with Gasteiger partial charge in [-0.05, 0) is 25.0 Å². The third kappa shape index (κ3) is 2.03. The summed E-state index contributed by atoms with van der Waals surface area (Å²) in [5.74, 6) is 1.65. The second kappa shape index (κ2) is 4.96. The maximum Gasteiger partial charge on any atom is 0.172 e. The van der Waals surface area contributed by atoms with E-state index in [1.165, 1.54) is 0 Å². The van der Waals surface area contributed by atoms with Crippen LogP contribution in [0.15, 0.2) is 18.2 Å². The van der Waals surface area contributed by atoms with Gasteiger partial charge >= 0.3 is 0 Å². The summed E-state index contributed by atoms with van der Waals surface area (Å²) < 4.78 is 12.2. The van der Waals surface area contributed by atoms with Crippen molar-refractivity contribution in [1.29, 1.82) is 0 Å². The number of hydrogen-bond donors (Lipinski definition) is 0. The quantitative estimate of drug-likeness (QED) is 0.779. The third-order valence-electron chi connectivity index (χ3n) is 3.42. The predicted octanol–water partition coefficient (Wildman–Crippen LogP) is 1.97. The lowest BCUT2D eigenvalue weighted by Crippen LogP contribution is -2.03. The number of aldehydes is 1. The van der Waals surface area contributed by atoms with Crippen LogP contribution in [-0.4, -0.2) is 35.5 Å². The molecule has 20 heavy (non-hydrogen) atoms. The molecule has 0 unspecified atom stereocenters. The molecule has 1 aliphatic rings. The van der Waals surface area contributed by atoms with Crippen molar-refractivity contribution >= 4 is 6.29 Å². The maximum atomic E-state index is 11.1. The summed E-state index contributed by atoms with van der Waals surface area (Å²) in [7, 11) is 3.18. The van der Waals surface area contributed by atoms with E-state index in [1.54, 1.807) is 18.9 Å². The molecular formula is C14H15N3O3. The standard InChI is InChI=1S/C14H15N3O3/c1-19-12-6-5-10(7-13(12)20-2)17-14(9-3-4-9)11(8-18)15-16-17/h5-9H,3-4H2,1-2H3. The molecule has 0 aliphatic heterocycles. The highest BCUT2D eigenvalue weighted by atomic mass is 16.5. The van der Waals surface area contributed by atoms with Gasteiger partial charge in [0.2, 0.25) is 0 Å². The molecular weight excluding hydrogens is 258 g/mol. The van der Waals surface area contributed by atoms with Crippen LogP contribution in [0.2, 0.25) is 0 Å². The molecule has 6 heteroatoms. The highest BCUT2D eigenvalue weighted by Gasteiger charge is 2.31. The molecule has 1 saturated carbocycles. The molecule has 2 aromatic rings. The zero-order valence-corrected chi connectivity index (χ0v) is 11.4. The van der Waals surface area contributed by atoms with Crippen molar-refractivity contribution in [3.8, 4) is 17.2 Å². The topological polar surface area (TPSA) is 66.2 Å². The van der Waals surface area contributed by atoms with Gasteiger partial charge in [-0.25, -0.2) is 4.68 Å². The van der Waals surface area contributed by atoms with Crippen LogP contribution in [0.1, 0.15) is 34.9 Å². The molecule has 6 nitrogen and oxygen atoms in total. The van der Waals surface area contributed by atoms with Crippen molar-refractivity contribution in [2.75, 3.05) is 14.2 Å². The van der Waals surface area contributed by atoms with E-state index in [4.69, 9.17) is 9.47 Å². The van der Waals surface area contributed by atoms with Gasteiger partial charge in [-0.1, -0.05) is 5.21 Å². The molecule has 3 rings (SSSR count). The van der Waals surface area contributed by atoms with E-state index in [-0.39, 0.29) is 0 Å². The van der Waals surface area contributed by atoms with Crippen molar-refractivity contribution < 1.29 is 14.3 Å². The van der Waals surface area contributed by atoms with E-state index in [2.05, 4.69) is 10.3 Å². The fraction of sp³-hybridized carbons (Fsp3) is 0.357. The van der Waals surface area contributed by atoms with Crippen LogP contribution < -0.4 is 9.47 Å². The SMILES string of the molecule is COc1ccc(-n2nnc(C=O)c2C2CC2)cc1OC. The number of nitrogens with zero attached hydrogens (tertiary/aromatic N) is 3. The first-order valence-electron chi connectivity index (χ1n) is 6.41. The van der Waals surface area contributed by atoms with Gasteiger partial charge in [0.15, 0.2) is 17.8 Å². The van der Waals surface area contributed by atoms with Crippen molar-refractivity contribution in [1.82, 2.24) is 15.0 Å². The number of benzene rings is 1. The number of carbonyl (C=O) groups excluding carboxylic acids is 1. The first-order valence-corrected chi connectivity index (χ1v) is 6.41. The van der Waals surface area contributed by atoms with Crippen molar-refractivity contribution in [2.24, 2.45) is 0 Å². The lowest BCUT2D eigenvalue weighted by atomic mass is 10.2. The lowest BCUT2D eigenvalue weighted by molar-refractivity contribution is 0.111. The van der Waals surface area contributed by atoms with Crippen molar-refractivity contribution in [3.63, 3.8) is 0 Å². The van der Waals surface area contributed by atoms with Gasteiger partial charge in [0.05, 0.1) is 25.6 Å². The minimum absolute atomic E-state index is 0.373. The zero-order valence-electron chi connectivity index (χ0n) is 11.4. The molecule has 0 bridgehead atoms.